The average Bonchev–Trinajstić information content (AvgIpc) is 2.52. The van der Waals surface area contributed by atoms with E-state index in [4.69, 9.17) is 0 Å². The van der Waals surface area contributed by atoms with Crippen LogP contribution in [-0.4, -0.2) is 59.9 Å². The average molecular weight is 335 g/mol. The molecule has 132 valence electrons. The van der Waals surface area contributed by atoms with E-state index in [1.165, 1.54) is 19.1 Å². The maximum Gasteiger partial charge on any atom is 0.242 e. The molecule has 0 radical (unpaired) electrons. The summed E-state index contributed by atoms with van der Waals surface area (Å²) in [6, 6.07) is 6.40. The van der Waals surface area contributed by atoms with E-state index >= 15 is 0 Å². The summed E-state index contributed by atoms with van der Waals surface area (Å²) in [5.74, 6) is -0.376. The van der Waals surface area contributed by atoms with Crippen LogP contribution in [0.2, 0.25) is 0 Å². The van der Waals surface area contributed by atoms with Crippen molar-refractivity contribution in [3.05, 3.63) is 30.1 Å². The molecule has 0 aliphatic carbocycles. The lowest BCUT2D eigenvalue weighted by atomic mass is 10.1. The predicted octanol–water partition coefficient (Wildman–Crippen LogP) is 2.12. The highest BCUT2D eigenvalue weighted by molar-refractivity contribution is 5.84. The normalized spacial score (nSPS) is 15.4. The Morgan fingerprint density at radius 1 is 1.08 bits per heavy atom. The van der Waals surface area contributed by atoms with Crippen molar-refractivity contribution in [3.8, 4) is 0 Å². The van der Waals surface area contributed by atoms with Crippen LogP contribution in [0.1, 0.15) is 27.7 Å². The van der Waals surface area contributed by atoms with E-state index in [2.05, 4.69) is 4.90 Å². The van der Waals surface area contributed by atoms with E-state index in [0.29, 0.717) is 26.2 Å². The molecule has 0 bridgehead atoms. The number of amides is 2. The van der Waals surface area contributed by atoms with Gasteiger partial charge in [0.15, 0.2) is 0 Å². The van der Waals surface area contributed by atoms with Crippen LogP contribution in [0.4, 0.5) is 10.1 Å². The number of rotatable bonds is 3. The Balaban J connectivity index is 1.92. The van der Waals surface area contributed by atoms with Gasteiger partial charge < -0.3 is 14.7 Å². The zero-order valence-corrected chi connectivity index (χ0v) is 14.9. The summed E-state index contributed by atoms with van der Waals surface area (Å²) >= 11 is 0. The number of benzene rings is 1. The SMILES string of the molecule is CC(=O)N(CC(=O)N1CCN(c2ccc(F)cc2)CC1)C(C)(C)C. The molecule has 2 rings (SSSR count). The highest BCUT2D eigenvalue weighted by Crippen LogP contribution is 2.18. The number of nitrogens with zero attached hydrogens (tertiary/aromatic N) is 3. The number of piperazine rings is 1. The lowest BCUT2D eigenvalue weighted by molar-refractivity contribution is -0.143. The first-order valence-corrected chi connectivity index (χ1v) is 8.25. The lowest BCUT2D eigenvalue weighted by Gasteiger charge is -2.39. The molecule has 0 N–H and O–H groups in total. The van der Waals surface area contributed by atoms with Gasteiger partial charge in [-0.1, -0.05) is 0 Å². The molecule has 24 heavy (non-hydrogen) atoms. The molecule has 1 aromatic carbocycles. The first-order chi connectivity index (χ1) is 11.2. The Kier molecular flexibility index (Phi) is 5.47. The van der Waals surface area contributed by atoms with Crippen LogP contribution in [-0.2, 0) is 9.59 Å². The number of hydrogen-bond donors (Lipinski definition) is 0. The van der Waals surface area contributed by atoms with Crippen molar-refractivity contribution in [2.75, 3.05) is 37.6 Å². The van der Waals surface area contributed by atoms with Crippen LogP contribution < -0.4 is 4.90 Å². The van der Waals surface area contributed by atoms with Crippen molar-refractivity contribution in [3.63, 3.8) is 0 Å². The molecule has 1 aliphatic heterocycles. The van der Waals surface area contributed by atoms with Crippen LogP contribution in [0.3, 0.4) is 0 Å². The van der Waals surface area contributed by atoms with Gasteiger partial charge in [-0.25, -0.2) is 4.39 Å². The van der Waals surface area contributed by atoms with Crippen LogP contribution in [0.25, 0.3) is 0 Å². The van der Waals surface area contributed by atoms with E-state index in [1.54, 1.807) is 21.9 Å². The quantitative estimate of drug-likeness (QED) is 0.850. The van der Waals surface area contributed by atoms with E-state index in [1.807, 2.05) is 20.8 Å². The second-order valence-corrected chi connectivity index (χ2v) is 7.12. The molecule has 1 heterocycles. The smallest absolute Gasteiger partial charge is 0.242 e. The van der Waals surface area contributed by atoms with E-state index < -0.39 is 0 Å². The second-order valence-electron chi connectivity index (χ2n) is 7.12. The molecule has 1 aliphatic rings. The van der Waals surface area contributed by atoms with E-state index in [9.17, 15) is 14.0 Å². The van der Waals surface area contributed by atoms with Gasteiger partial charge in [0.05, 0.1) is 0 Å². The highest BCUT2D eigenvalue weighted by atomic mass is 19.1. The molecule has 1 saturated heterocycles. The Labute approximate surface area is 143 Å². The monoisotopic (exact) mass is 335 g/mol. The Morgan fingerprint density at radius 2 is 1.62 bits per heavy atom. The summed E-state index contributed by atoms with van der Waals surface area (Å²) in [5, 5.41) is 0. The maximum atomic E-state index is 13.0. The summed E-state index contributed by atoms with van der Waals surface area (Å²) in [4.78, 5) is 29.8. The Hall–Kier alpha value is -2.11. The van der Waals surface area contributed by atoms with Crippen molar-refractivity contribution >= 4 is 17.5 Å². The van der Waals surface area contributed by atoms with Gasteiger partial charge in [-0.3, -0.25) is 9.59 Å². The highest BCUT2D eigenvalue weighted by Gasteiger charge is 2.29. The third kappa shape index (κ3) is 4.46. The zero-order valence-electron chi connectivity index (χ0n) is 14.9. The lowest BCUT2D eigenvalue weighted by Crippen LogP contribution is -2.54. The third-order valence-corrected chi connectivity index (χ3v) is 4.31. The molecule has 5 nitrogen and oxygen atoms in total. The molecule has 0 aromatic heterocycles. The summed E-state index contributed by atoms with van der Waals surface area (Å²) in [7, 11) is 0. The van der Waals surface area contributed by atoms with Crippen molar-refractivity contribution in [2.24, 2.45) is 0 Å². The van der Waals surface area contributed by atoms with Crippen molar-refractivity contribution in [2.45, 2.75) is 33.2 Å². The van der Waals surface area contributed by atoms with Crippen LogP contribution in [0.5, 0.6) is 0 Å². The van der Waals surface area contributed by atoms with Gasteiger partial charge in [0.25, 0.3) is 0 Å². The Morgan fingerprint density at radius 3 is 2.08 bits per heavy atom. The Bertz CT molecular complexity index is 587. The maximum absolute atomic E-state index is 13.0. The molecule has 0 saturated carbocycles. The fourth-order valence-corrected chi connectivity index (χ4v) is 2.92. The van der Waals surface area contributed by atoms with Gasteiger partial charge in [-0.15, -0.1) is 0 Å². The molecule has 0 unspecified atom stereocenters. The number of carbonyl (C=O) groups excluding carboxylic acids is 2. The molecular weight excluding hydrogens is 309 g/mol. The number of hydrogen-bond acceptors (Lipinski definition) is 3. The van der Waals surface area contributed by atoms with Gasteiger partial charge in [-0.2, -0.15) is 0 Å². The molecule has 0 spiro atoms. The molecule has 1 fully saturated rings. The standard InChI is InChI=1S/C18H26FN3O2/c1-14(23)22(18(2,3)4)13-17(24)21-11-9-20(10-12-21)16-7-5-15(19)6-8-16/h5-8H,9-13H2,1-4H3. The fourth-order valence-electron chi connectivity index (χ4n) is 2.92. The zero-order chi connectivity index (χ0) is 17.9. The predicted molar refractivity (Wildman–Crippen MR) is 92.3 cm³/mol. The number of carbonyl (C=O) groups is 2. The van der Waals surface area contributed by atoms with Gasteiger partial charge in [0.2, 0.25) is 11.8 Å². The molecular formula is C18H26FN3O2. The summed E-state index contributed by atoms with van der Waals surface area (Å²) in [5.41, 5.74) is 0.584. The van der Waals surface area contributed by atoms with Crippen molar-refractivity contribution in [1.29, 1.82) is 0 Å². The topological polar surface area (TPSA) is 43.9 Å². The van der Waals surface area contributed by atoms with Crippen LogP contribution in [0.15, 0.2) is 24.3 Å². The van der Waals surface area contributed by atoms with Gasteiger partial charge in [-0.05, 0) is 45.0 Å². The summed E-state index contributed by atoms with van der Waals surface area (Å²) < 4.78 is 13.0. The fraction of sp³-hybridized carbons (Fsp3) is 0.556. The minimum Gasteiger partial charge on any atom is -0.368 e. The summed E-state index contributed by atoms with van der Waals surface area (Å²) in [6.07, 6.45) is 0. The van der Waals surface area contributed by atoms with Crippen LogP contribution >= 0.6 is 0 Å². The van der Waals surface area contributed by atoms with Gasteiger partial charge in [0, 0.05) is 44.3 Å². The molecule has 6 heteroatoms. The molecule has 0 atom stereocenters. The van der Waals surface area contributed by atoms with Gasteiger partial charge in [0.1, 0.15) is 12.4 Å². The second kappa shape index (κ2) is 7.20. The first kappa shape index (κ1) is 18.2. The molecule has 1 aromatic rings. The minimum atomic E-state index is -0.378. The minimum absolute atomic E-state index is 0.0288. The number of halogens is 1. The largest absolute Gasteiger partial charge is 0.368 e. The van der Waals surface area contributed by atoms with Crippen LogP contribution in [0, 0.1) is 5.82 Å². The van der Waals surface area contributed by atoms with E-state index in [0.717, 1.165) is 5.69 Å². The first-order valence-electron chi connectivity index (χ1n) is 8.25. The summed E-state index contributed by atoms with van der Waals surface area (Å²) in [6.45, 7) is 9.98. The van der Waals surface area contributed by atoms with Crippen molar-refractivity contribution < 1.29 is 14.0 Å². The van der Waals surface area contributed by atoms with E-state index in [-0.39, 0.29) is 29.7 Å². The number of anilines is 1. The third-order valence-electron chi connectivity index (χ3n) is 4.31. The van der Waals surface area contributed by atoms with Crippen molar-refractivity contribution in [1.82, 2.24) is 9.80 Å². The molecule has 2 amide bonds. The van der Waals surface area contributed by atoms with Gasteiger partial charge >= 0.3 is 0 Å².